The quantitative estimate of drug-likeness (QED) is 0.152. The minimum Gasteiger partial charge on any atom is -0.309 e. The fourth-order valence-electron chi connectivity index (χ4n) is 13.0. The van der Waals surface area contributed by atoms with E-state index in [2.05, 4.69) is 305 Å². The van der Waals surface area contributed by atoms with Crippen molar-refractivity contribution >= 4 is 87.0 Å². The third-order valence-electron chi connectivity index (χ3n) is 17.0. The van der Waals surface area contributed by atoms with E-state index in [9.17, 15) is 0 Å². The van der Waals surface area contributed by atoms with E-state index in [0.717, 1.165) is 67.2 Å². The van der Waals surface area contributed by atoms with Gasteiger partial charge in [0.25, 0.3) is 0 Å². The fourth-order valence-corrected chi connectivity index (χ4v) is 13.0. The van der Waals surface area contributed by atoms with Gasteiger partial charge in [0.05, 0.1) is 44.5 Å². The van der Waals surface area contributed by atoms with Crippen LogP contribution in [0.1, 0.15) is 0 Å². The summed E-state index contributed by atoms with van der Waals surface area (Å²) in [5, 5.41) is 12.2. The summed E-state index contributed by atoms with van der Waals surface area (Å²) in [5.41, 5.74) is 19.3. The number of para-hydroxylation sites is 4. The van der Waals surface area contributed by atoms with Gasteiger partial charge in [-0.05, 0) is 141 Å². The Morgan fingerprint density at radius 3 is 1.05 bits per heavy atom. The zero-order chi connectivity index (χ0) is 54.5. The maximum absolute atomic E-state index is 5.52. The Morgan fingerprint density at radius 2 is 0.554 bits per heavy atom. The van der Waals surface area contributed by atoms with E-state index >= 15 is 0 Å². The van der Waals surface area contributed by atoms with Crippen LogP contribution in [0.4, 0.5) is 0 Å². The summed E-state index contributed by atoms with van der Waals surface area (Å²) in [6, 6.07) is 108. The Morgan fingerprint density at radius 1 is 0.193 bits per heavy atom. The summed E-state index contributed by atoms with van der Waals surface area (Å²) in [7, 11) is 0. The molecular formula is C78H49N5. The van der Waals surface area contributed by atoms with Gasteiger partial charge < -0.3 is 13.7 Å². The molecule has 0 saturated carbocycles. The Bertz CT molecular complexity index is 5180. The summed E-state index contributed by atoms with van der Waals surface area (Å²) >= 11 is 0. The van der Waals surface area contributed by atoms with E-state index in [-0.39, 0.29) is 0 Å². The van der Waals surface area contributed by atoms with E-state index < -0.39 is 0 Å². The summed E-state index contributed by atoms with van der Waals surface area (Å²) in [5.74, 6) is 0.660. The second kappa shape index (κ2) is 18.7. The number of nitrogens with zero attached hydrogens (tertiary/aromatic N) is 5. The van der Waals surface area contributed by atoms with Gasteiger partial charge in [-0.1, -0.05) is 200 Å². The standard InChI is InChI=1S/C78H49N5/c1-2-18-53(19-3-1)78-79-70(52-34-38-61(39-35-52)81-72-26-12-8-22-64(72)65-23-9-13-27-73(65)81)49-71(80-78)60-44-62(82-74-28-14-10-24-66(74)68-46-58(36-40-76(68)82)56-32-30-50-16-4-6-20-54(50)42-56)48-63(45-60)83-75-29-15-11-25-67(75)69-47-59(37-41-77(69)83)57-33-31-51-17-5-7-21-55(51)43-57/h1-49H. The highest BCUT2D eigenvalue weighted by Gasteiger charge is 2.21. The second-order valence-electron chi connectivity index (χ2n) is 21.8. The molecule has 0 amide bonds. The van der Waals surface area contributed by atoms with Gasteiger partial charge in [0.15, 0.2) is 5.82 Å². The molecule has 17 rings (SSSR count). The first kappa shape index (κ1) is 46.7. The SMILES string of the molecule is c1ccc(-c2nc(-c3ccc(-n4c5ccccc5c5ccccc54)cc3)cc(-c3cc(-n4c5ccccc5c5cc(-c6ccc7ccccc7c6)ccc54)cc(-n4c5ccccc5c5cc(-c6ccc7ccccc7c6)ccc54)c3)n2)cc1. The van der Waals surface area contributed by atoms with Crippen molar-refractivity contribution in [3.8, 4) is 73.2 Å². The van der Waals surface area contributed by atoms with Crippen LogP contribution in [-0.4, -0.2) is 23.7 Å². The van der Waals surface area contributed by atoms with E-state index in [0.29, 0.717) is 5.82 Å². The fraction of sp³-hybridized carbons (Fsp3) is 0. The molecule has 0 aliphatic heterocycles. The van der Waals surface area contributed by atoms with Crippen LogP contribution in [0.15, 0.2) is 297 Å². The first-order valence-corrected chi connectivity index (χ1v) is 28.4. The van der Waals surface area contributed by atoms with Crippen molar-refractivity contribution < 1.29 is 0 Å². The number of rotatable bonds is 8. The van der Waals surface area contributed by atoms with Crippen molar-refractivity contribution in [2.24, 2.45) is 0 Å². The highest BCUT2D eigenvalue weighted by molar-refractivity contribution is 6.13. The molecule has 0 saturated heterocycles. The highest BCUT2D eigenvalue weighted by Crippen LogP contribution is 2.42. The summed E-state index contributed by atoms with van der Waals surface area (Å²) in [4.78, 5) is 10.9. The van der Waals surface area contributed by atoms with Gasteiger partial charge in [-0.3, -0.25) is 0 Å². The first-order chi connectivity index (χ1) is 41.1. The Hall–Kier alpha value is -11.1. The lowest BCUT2D eigenvalue weighted by Gasteiger charge is -2.17. The maximum Gasteiger partial charge on any atom is 0.160 e. The molecule has 0 radical (unpaired) electrons. The maximum atomic E-state index is 5.52. The van der Waals surface area contributed by atoms with Crippen molar-refractivity contribution in [3.05, 3.63) is 297 Å². The van der Waals surface area contributed by atoms with Gasteiger partial charge in [-0.25, -0.2) is 9.97 Å². The van der Waals surface area contributed by atoms with Crippen molar-refractivity contribution in [2.45, 2.75) is 0 Å². The van der Waals surface area contributed by atoms with Crippen molar-refractivity contribution in [1.82, 2.24) is 23.7 Å². The minimum absolute atomic E-state index is 0.660. The molecule has 0 unspecified atom stereocenters. The molecule has 5 nitrogen and oxygen atoms in total. The van der Waals surface area contributed by atoms with Gasteiger partial charge >= 0.3 is 0 Å². The lowest BCUT2D eigenvalue weighted by atomic mass is 9.99. The Kier molecular flexibility index (Phi) is 10.6. The van der Waals surface area contributed by atoms with E-state index in [1.165, 1.54) is 87.1 Å². The molecule has 4 heterocycles. The molecule has 0 spiro atoms. The molecule has 0 N–H and O–H groups in total. The Labute approximate surface area is 478 Å². The minimum atomic E-state index is 0.660. The third-order valence-corrected chi connectivity index (χ3v) is 17.0. The molecule has 17 aromatic rings. The topological polar surface area (TPSA) is 40.6 Å². The number of hydrogen-bond donors (Lipinski definition) is 0. The van der Waals surface area contributed by atoms with Crippen LogP contribution in [0.3, 0.4) is 0 Å². The van der Waals surface area contributed by atoms with E-state index in [4.69, 9.17) is 9.97 Å². The summed E-state index contributed by atoms with van der Waals surface area (Å²) in [6.45, 7) is 0. The van der Waals surface area contributed by atoms with Crippen LogP contribution >= 0.6 is 0 Å². The van der Waals surface area contributed by atoms with E-state index in [1.807, 2.05) is 6.07 Å². The molecule has 0 atom stereocenters. The smallest absolute Gasteiger partial charge is 0.160 e. The number of fused-ring (bicyclic) bond motifs is 11. The van der Waals surface area contributed by atoms with Crippen molar-refractivity contribution in [2.75, 3.05) is 0 Å². The highest BCUT2D eigenvalue weighted by atomic mass is 15.0. The average Bonchev–Trinajstić information content (AvgIpc) is 3.12. The molecule has 0 bridgehead atoms. The predicted octanol–water partition coefficient (Wildman–Crippen LogP) is 20.4. The third kappa shape index (κ3) is 7.70. The summed E-state index contributed by atoms with van der Waals surface area (Å²) < 4.78 is 7.25. The van der Waals surface area contributed by atoms with Gasteiger partial charge in [-0.2, -0.15) is 0 Å². The molecule has 5 heteroatoms. The van der Waals surface area contributed by atoms with Gasteiger partial charge in [0, 0.05) is 66.1 Å². The monoisotopic (exact) mass is 1060 g/mol. The largest absolute Gasteiger partial charge is 0.309 e. The molecule has 0 aliphatic carbocycles. The summed E-state index contributed by atoms with van der Waals surface area (Å²) in [6.07, 6.45) is 0. The van der Waals surface area contributed by atoms with Crippen molar-refractivity contribution in [3.63, 3.8) is 0 Å². The lowest BCUT2D eigenvalue weighted by Crippen LogP contribution is -2.02. The molecule has 0 fully saturated rings. The molecule has 13 aromatic carbocycles. The normalized spacial score (nSPS) is 11.9. The Balaban J connectivity index is 0.886. The first-order valence-electron chi connectivity index (χ1n) is 28.4. The lowest BCUT2D eigenvalue weighted by molar-refractivity contribution is 1.13. The second-order valence-corrected chi connectivity index (χ2v) is 21.8. The number of aromatic nitrogens is 5. The number of benzene rings is 13. The van der Waals surface area contributed by atoms with Crippen molar-refractivity contribution in [1.29, 1.82) is 0 Å². The van der Waals surface area contributed by atoms with Gasteiger partial charge in [0.2, 0.25) is 0 Å². The van der Waals surface area contributed by atoms with Crippen LogP contribution in [0.2, 0.25) is 0 Å². The van der Waals surface area contributed by atoms with Crippen LogP contribution in [0.25, 0.3) is 160 Å². The molecule has 386 valence electrons. The van der Waals surface area contributed by atoms with Gasteiger partial charge in [-0.15, -0.1) is 0 Å². The van der Waals surface area contributed by atoms with Crippen LogP contribution in [0, 0.1) is 0 Å². The molecule has 4 aromatic heterocycles. The predicted molar refractivity (Wildman–Crippen MR) is 347 cm³/mol. The molecule has 83 heavy (non-hydrogen) atoms. The molecular weight excluding hydrogens is 1010 g/mol. The van der Waals surface area contributed by atoms with Gasteiger partial charge in [0.1, 0.15) is 0 Å². The van der Waals surface area contributed by atoms with Crippen LogP contribution in [-0.2, 0) is 0 Å². The van der Waals surface area contributed by atoms with Crippen LogP contribution < -0.4 is 0 Å². The molecule has 0 aliphatic rings. The zero-order valence-corrected chi connectivity index (χ0v) is 45.0. The zero-order valence-electron chi connectivity index (χ0n) is 45.0. The average molecular weight is 1060 g/mol. The van der Waals surface area contributed by atoms with E-state index in [1.54, 1.807) is 0 Å². The number of hydrogen-bond acceptors (Lipinski definition) is 2. The van der Waals surface area contributed by atoms with Crippen LogP contribution in [0.5, 0.6) is 0 Å².